The SMILES string of the molecule is CC(CCC(=O)NCCS(=O)(=O)O)C1CCC2C3C(O)CC4CC(O)CC[C@]4(C)C3CC[C@]12C. The molecule has 4 saturated carbocycles. The van der Waals surface area contributed by atoms with Crippen LogP contribution in [-0.4, -0.2) is 53.6 Å². The van der Waals surface area contributed by atoms with Crippen LogP contribution in [0.4, 0.5) is 0 Å². The van der Waals surface area contributed by atoms with Gasteiger partial charge in [-0.15, -0.1) is 0 Å². The Labute approximate surface area is 205 Å². The van der Waals surface area contributed by atoms with E-state index < -0.39 is 15.9 Å². The average molecular weight is 500 g/mol. The zero-order chi connectivity index (χ0) is 24.9. The van der Waals surface area contributed by atoms with Crippen LogP contribution in [-0.2, 0) is 14.9 Å². The molecule has 0 saturated heterocycles. The van der Waals surface area contributed by atoms with E-state index in [2.05, 4.69) is 26.1 Å². The van der Waals surface area contributed by atoms with Gasteiger partial charge in [-0.2, -0.15) is 8.42 Å². The number of amides is 1. The number of hydrogen-bond donors (Lipinski definition) is 4. The van der Waals surface area contributed by atoms with Gasteiger partial charge in [-0.3, -0.25) is 9.35 Å². The molecular weight excluding hydrogens is 454 g/mol. The Kier molecular flexibility index (Phi) is 7.47. The Hall–Kier alpha value is -0.700. The fourth-order valence-corrected chi connectivity index (χ4v) is 9.50. The molecular formula is C26H45NO6S. The average Bonchev–Trinajstić information content (AvgIpc) is 3.09. The number of aliphatic hydroxyl groups is 2. The molecule has 0 bridgehead atoms. The van der Waals surface area contributed by atoms with E-state index in [1.807, 2.05) is 0 Å². The molecule has 196 valence electrons. The first-order valence-electron chi connectivity index (χ1n) is 13.4. The fourth-order valence-electron chi connectivity index (χ4n) is 9.14. The maximum atomic E-state index is 12.2. The number of rotatable bonds is 7. The van der Waals surface area contributed by atoms with Crippen molar-refractivity contribution in [1.29, 1.82) is 0 Å². The fraction of sp³-hybridized carbons (Fsp3) is 0.962. The van der Waals surface area contributed by atoms with Crippen molar-refractivity contribution in [3.05, 3.63) is 0 Å². The smallest absolute Gasteiger partial charge is 0.266 e. The van der Waals surface area contributed by atoms with Gasteiger partial charge in [0.2, 0.25) is 5.91 Å². The molecule has 1 amide bonds. The molecule has 0 aromatic heterocycles. The maximum absolute atomic E-state index is 12.2. The van der Waals surface area contributed by atoms with Crippen molar-refractivity contribution in [2.75, 3.05) is 12.3 Å². The van der Waals surface area contributed by atoms with Crippen LogP contribution in [0.5, 0.6) is 0 Å². The van der Waals surface area contributed by atoms with Crippen molar-refractivity contribution < 1.29 is 28.0 Å². The summed E-state index contributed by atoms with van der Waals surface area (Å²) in [6.45, 7) is 7.05. The molecule has 4 aliphatic rings. The molecule has 8 unspecified atom stereocenters. The van der Waals surface area contributed by atoms with Gasteiger partial charge in [0.05, 0.1) is 18.0 Å². The van der Waals surface area contributed by atoms with Gasteiger partial charge in [0, 0.05) is 13.0 Å². The second-order valence-corrected chi connectivity index (χ2v) is 14.2. The third kappa shape index (κ3) is 4.94. The largest absolute Gasteiger partial charge is 0.393 e. The van der Waals surface area contributed by atoms with Crippen molar-refractivity contribution >= 4 is 16.0 Å². The van der Waals surface area contributed by atoms with Gasteiger partial charge in [-0.1, -0.05) is 20.8 Å². The van der Waals surface area contributed by atoms with Gasteiger partial charge >= 0.3 is 0 Å². The van der Waals surface area contributed by atoms with E-state index in [9.17, 15) is 23.4 Å². The summed E-state index contributed by atoms with van der Waals surface area (Å²) in [6.07, 6.45) is 8.87. The highest BCUT2D eigenvalue weighted by atomic mass is 32.2. The van der Waals surface area contributed by atoms with Crippen molar-refractivity contribution in [2.24, 2.45) is 46.3 Å². The first-order chi connectivity index (χ1) is 15.8. The highest BCUT2D eigenvalue weighted by molar-refractivity contribution is 7.85. The lowest BCUT2D eigenvalue weighted by Crippen LogP contribution is -2.58. The van der Waals surface area contributed by atoms with Crippen LogP contribution in [0.3, 0.4) is 0 Å². The van der Waals surface area contributed by atoms with E-state index in [1.54, 1.807) is 0 Å². The van der Waals surface area contributed by atoms with E-state index in [4.69, 9.17) is 4.55 Å². The number of nitrogens with one attached hydrogen (secondary N) is 1. The lowest BCUT2D eigenvalue weighted by Gasteiger charge is -2.62. The quantitative estimate of drug-likeness (QED) is 0.398. The van der Waals surface area contributed by atoms with Gasteiger partial charge in [0.15, 0.2) is 0 Å². The molecule has 0 aromatic carbocycles. The molecule has 0 aliphatic heterocycles. The van der Waals surface area contributed by atoms with Crippen LogP contribution in [0.2, 0.25) is 0 Å². The molecule has 0 spiro atoms. The summed E-state index contributed by atoms with van der Waals surface area (Å²) in [5.74, 6) is 2.10. The number of fused-ring (bicyclic) bond motifs is 5. The Balaban J connectivity index is 1.39. The van der Waals surface area contributed by atoms with Gasteiger partial charge in [0.25, 0.3) is 10.1 Å². The first-order valence-corrected chi connectivity index (χ1v) is 15.0. The first kappa shape index (κ1) is 26.4. The molecule has 4 rings (SSSR count). The summed E-state index contributed by atoms with van der Waals surface area (Å²) in [5.41, 5.74) is 0.411. The van der Waals surface area contributed by atoms with Crippen LogP contribution in [0.15, 0.2) is 0 Å². The van der Waals surface area contributed by atoms with Gasteiger partial charge in [0.1, 0.15) is 0 Å². The summed E-state index contributed by atoms with van der Waals surface area (Å²) >= 11 is 0. The van der Waals surface area contributed by atoms with E-state index in [-0.39, 0.29) is 35.5 Å². The maximum Gasteiger partial charge on any atom is 0.266 e. The highest BCUT2D eigenvalue weighted by Crippen LogP contribution is 2.68. The zero-order valence-electron chi connectivity index (χ0n) is 21.1. The molecule has 4 aliphatic carbocycles. The molecule has 7 nitrogen and oxygen atoms in total. The molecule has 4 N–H and O–H groups in total. The number of aliphatic hydroxyl groups excluding tert-OH is 2. The van der Waals surface area contributed by atoms with Gasteiger partial charge in [-0.25, -0.2) is 0 Å². The molecule has 10 atom stereocenters. The molecule has 0 radical (unpaired) electrons. The monoisotopic (exact) mass is 499 g/mol. The second-order valence-electron chi connectivity index (χ2n) is 12.6. The van der Waals surface area contributed by atoms with Crippen LogP contribution in [0.1, 0.15) is 85.0 Å². The van der Waals surface area contributed by atoms with Crippen molar-refractivity contribution in [1.82, 2.24) is 5.32 Å². The topological polar surface area (TPSA) is 124 Å². The lowest BCUT2D eigenvalue weighted by atomic mass is 9.43. The van der Waals surface area contributed by atoms with Crippen molar-refractivity contribution in [2.45, 2.75) is 97.2 Å². The predicted molar refractivity (Wildman–Crippen MR) is 130 cm³/mol. The summed E-state index contributed by atoms with van der Waals surface area (Å²) in [4.78, 5) is 12.2. The lowest BCUT2D eigenvalue weighted by molar-refractivity contribution is -0.174. The van der Waals surface area contributed by atoms with Crippen LogP contribution >= 0.6 is 0 Å². The normalized spacial score (nSPS) is 45.1. The second kappa shape index (κ2) is 9.64. The number of carbonyl (C=O) groups is 1. The van der Waals surface area contributed by atoms with Crippen LogP contribution in [0, 0.1) is 46.3 Å². The minimum Gasteiger partial charge on any atom is -0.393 e. The summed E-state index contributed by atoms with van der Waals surface area (Å²) in [6, 6.07) is 0. The Bertz CT molecular complexity index is 863. The Morgan fingerprint density at radius 2 is 1.71 bits per heavy atom. The molecule has 0 heterocycles. The summed E-state index contributed by atoms with van der Waals surface area (Å²) in [7, 11) is -4.06. The summed E-state index contributed by atoms with van der Waals surface area (Å²) < 4.78 is 30.5. The minimum atomic E-state index is -4.06. The van der Waals surface area contributed by atoms with E-state index in [0.717, 1.165) is 51.4 Å². The van der Waals surface area contributed by atoms with Gasteiger partial charge < -0.3 is 15.5 Å². The molecule has 8 heteroatoms. The standard InChI is InChI=1S/C26H45NO6S/c1-16(4-7-23(30)27-12-13-34(31,32)33)19-5-6-20-24-21(9-11-26(19,20)3)25(2)10-8-18(28)14-17(25)15-22(24)29/h16-22,24,28-29H,4-15H2,1-3H3,(H,27,30)(H,31,32,33)/t16?,17?,18?,19?,20?,21?,22?,24?,25-,26+/m0/s1. The highest BCUT2D eigenvalue weighted by Gasteiger charge is 2.62. The van der Waals surface area contributed by atoms with E-state index >= 15 is 0 Å². The molecule has 34 heavy (non-hydrogen) atoms. The van der Waals surface area contributed by atoms with Crippen molar-refractivity contribution in [3.8, 4) is 0 Å². The number of carbonyl (C=O) groups excluding carboxylic acids is 1. The Morgan fingerprint density at radius 3 is 2.41 bits per heavy atom. The zero-order valence-corrected chi connectivity index (χ0v) is 21.9. The minimum absolute atomic E-state index is 0.0625. The molecule has 0 aromatic rings. The summed E-state index contributed by atoms with van der Waals surface area (Å²) in [5, 5.41) is 24.2. The predicted octanol–water partition coefficient (Wildman–Crippen LogP) is 3.40. The molecule has 4 fully saturated rings. The van der Waals surface area contributed by atoms with Crippen LogP contribution in [0.25, 0.3) is 0 Å². The third-order valence-corrected chi connectivity index (χ3v) is 11.6. The Morgan fingerprint density at radius 1 is 1.03 bits per heavy atom. The van der Waals surface area contributed by atoms with Gasteiger partial charge in [-0.05, 0) is 104 Å². The van der Waals surface area contributed by atoms with E-state index in [0.29, 0.717) is 41.9 Å². The van der Waals surface area contributed by atoms with E-state index in [1.165, 1.54) is 6.42 Å². The van der Waals surface area contributed by atoms with Crippen molar-refractivity contribution in [3.63, 3.8) is 0 Å². The number of hydrogen-bond acceptors (Lipinski definition) is 5. The van der Waals surface area contributed by atoms with Crippen LogP contribution < -0.4 is 5.32 Å². The third-order valence-electron chi connectivity index (χ3n) is 10.9.